The summed E-state index contributed by atoms with van der Waals surface area (Å²) in [7, 11) is 3.71. The largest absolute Gasteiger partial charge is 0.391 e. The Bertz CT molecular complexity index is 221. The quantitative estimate of drug-likeness (QED) is 0.730. The van der Waals surface area contributed by atoms with Crippen LogP contribution in [-0.4, -0.2) is 48.7 Å². The highest BCUT2D eigenvalue weighted by Gasteiger charge is 2.26. The summed E-state index contributed by atoms with van der Waals surface area (Å²) in [5, 5.41) is 12.5. The van der Waals surface area contributed by atoms with Crippen LogP contribution in [0.1, 0.15) is 38.5 Å². The Hall–Kier alpha value is -0.610. The van der Waals surface area contributed by atoms with E-state index in [9.17, 15) is 9.90 Å². The average Bonchev–Trinajstić information content (AvgIpc) is 2.29. The molecule has 0 aromatic heterocycles. The van der Waals surface area contributed by atoms with Crippen LogP contribution in [0.25, 0.3) is 0 Å². The van der Waals surface area contributed by atoms with Crippen molar-refractivity contribution in [3.63, 3.8) is 0 Å². The fourth-order valence-electron chi connectivity index (χ4n) is 2.39. The fraction of sp³-hybridized carbons (Fsp3) is 0.917. The van der Waals surface area contributed by atoms with Crippen molar-refractivity contribution in [2.24, 2.45) is 0 Å². The number of aliphatic hydroxyl groups excluding tert-OH is 1. The lowest BCUT2D eigenvalue weighted by molar-refractivity contribution is -0.120. The molecule has 4 heteroatoms. The van der Waals surface area contributed by atoms with E-state index in [1.165, 1.54) is 6.42 Å². The molecule has 4 nitrogen and oxygen atoms in total. The molecule has 0 radical (unpaired) electrons. The Kier molecular flexibility index (Phi) is 5.77. The number of nitrogens with one attached hydrogen (secondary N) is 1. The van der Waals surface area contributed by atoms with Gasteiger partial charge in [0, 0.05) is 19.5 Å². The maximum atomic E-state index is 11.1. The lowest BCUT2D eigenvalue weighted by Gasteiger charge is -2.35. The van der Waals surface area contributed by atoms with Gasteiger partial charge in [-0.2, -0.15) is 0 Å². The molecule has 2 unspecified atom stereocenters. The van der Waals surface area contributed by atoms with Gasteiger partial charge in [0.25, 0.3) is 0 Å². The van der Waals surface area contributed by atoms with E-state index in [0.29, 0.717) is 12.5 Å². The van der Waals surface area contributed by atoms with Gasteiger partial charge in [0.1, 0.15) is 0 Å². The number of rotatable bonds is 5. The Morgan fingerprint density at radius 3 is 2.75 bits per heavy atom. The molecule has 0 aliphatic heterocycles. The van der Waals surface area contributed by atoms with Crippen molar-refractivity contribution < 1.29 is 9.90 Å². The van der Waals surface area contributed by atoms with Gasteiger partial charge in [-0.05, 0) is 32.9 Å². The van der Waals surface area contributed by atoms with E-state index in [0.717, 1.165) is 32.2 Å². The van der Waals surface area contributed by atoms with Crippen LogP contribution < -0.4 is 5.32 Å². The second-order valence-electron chi connectivity index (χ2n) is 4.68. The molecule has 16 heavy (non-hydrogen) atoms. The number of hydrogen-bond donors (Lipinski definition) is 2. The van der Waals surface area contributed by atoms with Crippen molar-refractivity contribution in [1.82, 2.24) is 10.2 Å². The molecule has 2 atom stereocenters. The summed E-state index contributed by atoms with van der Waals surface area (Å²) in [5.74, 6) is 0.0950. The lowest BCUT2D eigenvalue weighted by atomic mass is 9.91. The molecule has 0 aromatic rings. The summed E-state index contributed by atoms with van der Waals surface area (Å²) < 4.78 is 0. The van der Waals surface area contributed by atoms with Gasteiger partial charge in [0.2, 0.25) is 5.91 Å². The molecule has 1 saturated carbocycles. The maximum absolute atomic E-state index is 11.1. The summed E-state index contributed by atoms with van der Waals surface area (Å²) >= 11 is 0. The fourth-order valence-corrected chi connectivity index (χ4v) is 2.39. The van der Waals surface area contributed by atoms with Gasteiger partial charge in [-0.1, -0.05) is 12.8 Å². The van der Waals surface area contributed by atoms with Crippen LogP contribution in [0.15, 0.2) is 0 Å². The van der Waals surface area contributed by atoms with Crippen molar-refractivity contribution >= 4 is 5.91 Å². The van der Waals surface area contributed by atoms with Crippen LogP contribution in [0, 0.1) is 0 Å². The van der Waals surface area contributed by atoms with Gasteiger partial charge in [-0.25, -0.2) is 0 Å². The predicted octanol–water partition coefficient (Wildman–Crippen LogP) is 0.748. The first-order valence-electron chi connectivity index (χ1n) is 6.24. The van der Waals surface area contributed by atoms with E-state index in [2.05, 4.69) is 10.2 Å². The van der Waals surface area contributed by atoms with Crippen molar-refractivity contribution in [3.05, 3.63) is 0 Å². The normalized spacial score (nSPS) is 25.8. The molecular weight excluding hydrogens is 204 g/mol. The summed E-state index contributed by atoms with van der Waals surface area (Å²) in [5.41, 5.74) is 0. The number of carbonyl (C=O) groups is 1. The lowest BCUT2D eigenvalue weighted by Crippen LogP contribution is -2.43. The third kappa shape index (κ3) is 4.10. The third-order valence-corrected chi connectivity index (χ3v) is 3.45. The number of amides is 1. The zero-order valence-corrected chi connectivity index (χ0v) is 10.4. The summed E-state index contributed by atoms with van der Waals surface area (Å²) in [6.45, 7) is 0.884. The van der Waals surface area contributed by atoms with Crippen LogP contribution in [-0.2, 0) is 4.79 Å². The van der Waals surface area contributed by atoms with Crippen molar-refractivity contribution in [1.29, 1.82) is 0 Å². The Morgan fingerprint density at radius 2 is 2.12 bits per heavy atom. The van der Waals surface area contributed by atoms with Gasteiger partial charge < -0.3 is 15.3 Å². The summed E-state index contributed by atoms with van der Waals surface area (Å²) in [6, 6.07) is 0.290. The van der Waals surface area contributed by atoms with Gasteiger partial charge >= 0.3 is 0 Å². The Morgan fingerprint density at radius 1 is 1.44 bits per heavy atom. The van der Waals surface area contributed by atoms with E-state index < -0.39 is 0 Å². The molecule has 94 valence electrons. The molecule has 1 aliphatic carbocycles. The van der Waals surface area contributed by atoms with Gasteiger partial charge in [-0.3, -0.25) is 4.79 Å². The van der Waals surface area contributed by atoms with E-state index in [1.54, 1.807) is 7.05 Å². The number of likely N-dealkylation sites (N-methyl/N-ethyl adjacent to an activating group) is 1. The van der Waals surface area contributed by atoms with E-state index >= 15 is 0 Å². The SMILES string of the molecule is CNC(=O)CCCN(C)C1CCCCC1O. The highest BCUT2D eigenvalue weighted by atomic mass is 16.3. The smallest absolute Gasteiger partial charge is 0.219 e. The molecule has 0 saturated heterocycles. The van der Waals surface area contributed by atoms with E-state index in [-0.39, 0.29) is 12.0 Å². The monoisotopic (exact) mass is 228 g/mol. The minimum Gasteiger partial charge on any atom is -0.391 e. The first kappa shape index (κ1) is 13.5. The van der Waals surface area contributed by atoms with Gasteiger partial charge in [0.05, 0.1) is 6.10 Å². The Labute approximate surface area is 98.0 Å². The van der Waals surface area contributed by atoms with Crippen LogP contribution in [0.4, 0.5) is 0 Å². The number of nitrogens with zero attached hydrogens (tertiary/aromatic N) is 1. The van der Waals surface area contributed by atoms with Crippen LogP contribution >= 0.6 is 0 Å². The van der Waals surface area contributed by atoms with Gasteiger partial charge in [-0.15, -0.1) is 0 Å². The summed E-state index contributed by atoms with van der Waals surface area (Å²) in [4.78, 5) is 13.3. The predicted molar refractivity (Wildman–Crippen MR) is 64.2 cm³/mol. The standard InChI is InChI=1S/C12H24N2O2/c1-13-12(16)8-5-9-14(2)10-6-3-4-7-11(10)15/h10-11,15H,3-9H2,1-2H3,(H,13,16). The van der Waals surface area contributed by atoms with E-state index in [1.807, 2.05) is 7.05 Å². The maximum Gasteiger partial charge on any atom is 0.219 e. The zero-order chi connectivity index (χ0) is 12.0. The highest BCUT2D eigenvalue weighted by molar-refractivity contribution is 5.75. The first-order valence-corrected chi connectivity index (χ1v) is 6.24. The van der Waals surface area contributed by atoms with E-state index in [4.69, 9.17) is 0 Å². The second kappa shape index (κ2) is 6.86. The van der Waals surface area contributed by atoms with Crippen LogP contribution in [0.2, 0.25) is 0 Å². The van der Waals surface area contributed by atoms with Crippen molar-refractivity contribution in [2.45, 2.75) is 50.7 Å². The number of hydrogen-bond acceptors (Lipinski definition) is 3. The molecule has 1 aliphatic rings. The molecule has 1 fully saturated rings. The molecular formula is C12H24N2O2. The molecule has 0 aromatic carbocycles. The second-order valence-corrected chi connectivity index (χ2v) is 4.68. The summed E-state index contributed by atoms with van der Waals surface area (Å²) in [6.07, 6.45) is 5.61. The minimum absolute atomic E-state index is 0.0950. The molecule has 2 N–H and O–H groups in total. The molecule has 1 rings (SSSR count). The van der Waals surface area contributed by atoms with Crippen molar-refractivity contribution in [2.75, 3.05) is 20.6 Å². The van der Waals surface area contributed by atoms with Crippen LogP contribution in [0.5, 0.6) is 0 Å². The third-order valence-electron chi connectivity index (χ3n) is 3.45. The number of carbonyl (C=O) groups excluding carboxylic acids is 1. The average molecular weight is 228 g/mol. The molecule has 1 amide bonds. The minimum atomic E-state index is -0.182. The van der Waals surface area contributed by atoms with Gasteiger partial charge in [0.15, 0.2) is 0 Å². The topological polar surface area (TPSA) is 52.6 Å². The van der Waals surface area contributed by atoms with Crippen LogP contribution in [0.3, 0.4) is 0 Å². The molecule has 0 spiro atoms. The first-order chi connectivity index (χ1) is 7.65. The zero-order valence-electron chi connectivity index (χ0n) is 10.4. The molecule has 0 bridgehead atoms. The Balaban J connectivity index is 2.22. The van der Waals surface area contributed by atoms with Crippen molar-refractivity contribution in [3.8, 4) is 0 Å². The molecule has 0 heterocycles. The highest BCUT2D eigenvalue weighted by Crippen LogP contribution is 2.22. The number of aliphatic hydroxyl groups is 1.